The molecule has 1 heterocycles. The van der Waals surface area contributed by atoms with Crippen LogP contribution in [0.5, 0.6) is 0 Å². The lowest BCUT2D eigenvalue weighted by Crippen LogP contribution is -1.99. The molecule has 0 aliphatic carbocycles. The fraction of sp³-hybridized carbons (Fsp3) is 0.0833. The van der Waals surface area contributed by atoms with Crippen LogP contribution in [0.3, 0.4) is 0 Å². The minimum atomic E-state index is -1.03. The first kappa shape index (κ1) is 12.6. The zero-order chi connectivity index (χ0) is 13.1. The predicted octanol–water partition coefficient (Wildman–Crippen LogP) is 3.49. The van der Waals surface area contributed by atoms with Crippen LogP contribution in [0.25, 0.3) is 0 Å². The minimum Gasteiger partial charge on any atom is -0.478 e. The lowest BCUT2D eigenvalue weighted by Gasteiger charge is -2.06. The summed E-state index contributed by atoms with van der Waals surface area (Å²) < 4.78 is 18.5. The molecule has 1 aromatic carbocycles. The number of carboxylic acids is 1. The Kier molecular flexibility index (Phi) is 3.66. The molecule has 94 valence electrons. The lowest BCUT2D eigenvalue weighted by atomic mass is 10.3. The number of carbonyl (C=O) groups is 1. The molecular formula is C12H9BrFNO3. The number of furan rings is 1. The summed E-state index contributed by atoms with van der Waals surface area (Å²) in [5, 5.41) is 11.7. The summed E-state index contributed by atoms with van der Waals surface area (Å²) in [6.45, 7) is 0.317. The van der Waals surface area contributed by atoms with Crippen LogP contribution in [-0.4, -0.2) is 11.1 Å². The highest BCUT2D eigenvalue weighted by molar-refractivity contribution is 9.10. The van der Waals surface area contributed by atoms with Crippen LogP contribution in [0.2, 0.25) is 0 Å². The first-order valence-electron chi connectivity index (χ1n) is 5.06. The highest BCUT2D eigenvalue weighted by atomic mass is 79.9. The molecule has 6 heteroatoms. The Morgan fingerprint density at radius 3 is 2.83 bits per heavy atom. The molecule has 0 unspecified atom stereocenters. The van der Waals surface area contributed by atoms with E-state index >= 15 is 0 Å². The molecule has 2 N–H and O–H groups in total. The number of hydrogen-bond donors (Lipinski definition) is 2. The SMILES string of the molecule is O=C(O)c1coc(CNc2ccc(F)cc2Br)c1. The predicted molar refractivity (Wildman–Crippen MR) is 67.1 cm³/mol. The molecule has 0 saturated carbocycles. The van der Waals surface area contributed by atoms with Crippen LogP contribution in [0.1, 0.15) is 16.1 Å². The second-order valence-electron chi connectivity index (χ2n) is 3.58. The molecule has 2 rings (SSSR count). The highest BCUT2D eigenvalue weighted by Crippen LogP contribution is 2.23. The molecular weight excluding hydrogens is 305 g/mol. The molecule has 0 amide bonds. The number of benzene rings is 1. The standard InChI is InChI=1S/C12H9BrFNO3/c13-10-4-8(14)1-2-11(10)15-5-9-3-7(6-18-9)12(16)17/h1-4,6,15H,5H2,(H,16,17). The molecule has 0 bridgehead atoms. The summed E-state index contributed by atoms with van der Waals surface area (Å²) in [6.07, 6.45) is 1.18. The largest absolute Gasteiger partial charge is 0.478 e. The topological polar surface area (TPSA) is 62.5 Å². The molecule has 0 spiro atoms. The van der Waals surface area contributed by atoms with Crippen molar-refractivity contribution in [3.05, 3.63) is 52.1 Å². The van der Waals surface area contributed by atoms with Gasteiger partial charge in [-0.2, -0.15) is 0 Å². The number of hydrogen-bond acceptors (Lipinski definition) is 3. The van der Waals surface area contributed by atoms with Gasteiger partial charge in [0.25, 0.3) is 0 Å². The van der Waals surface area contributed by atoms with Gasteiger partial charge in [0.2, 0.25) is 0 Å². The fourth-order valence-electron chi connectivity index (χ4n) is 1.40. The molecule has 0 fully saturated rings. The highest BCUT2D eigenvalue weighted by Gasteiger charge is 2.08. The normalized spacial score (nSPS) is 10.3. The molecule has 0 saturated heterocycles. The summed E-state index contributed by atoms with van der Waals surface area (Å²) in [4.78, 5) is 10.7. The summed E-state index contributed by atoms with van der Waals surface area (Å²) in [6, 6.07) is 5.69. The van der Waals surface area contributed by atoms with Crippen LogP contribution < -0.4 is 5.32 Å². The van der Waals surface area contributed by atoms with E-state index in [-0.39, 0.29) is 11.4 Å². The van der Waals surface area contributed by atoms with Crippen LogP contribution in [0.4, 0.5) is 10.1 Å². The van der Waals surface area contributed by atoms with Gasteiger partial charge in [0.05, 0.1) is 12.1 Å². The molecule has 2 aromatic rings. The number of carboxylic acid groups (broad SMARTS) is 1. The second kappa shape index (κ2) is 5.22. The summed E-state index contributed by atoms with van der Waals surface area (Å²) in [7, 11) is 0. The van der Waals surface area contributed by atoms with E-state index < -0.39 is 5.97 Å². The van der Waals surface area contributed by atoms with E-state index in [2.05, 4.69) is 21.2 Å². The molecule has 0 radical (unpaired) electrons. The van der Waals surface area contributed by atoms with Crippen molar-refractivity contribution < 1.29 is 18.7 Å². The van der Waals surface area contributed by atoms with Gasteiger partial charge in [-0.3, -0.25) is 0 Å². The molecule has 1 aromatic heterocycles. The maximum atomic E-state index is 12.9. The van der Waals surface area contributed by atoms with Crippen LogP contribution in [0.15, 0.2) is 39.4 Å². The lowest BCUT2D eigenvalue weighted by molar-refractivity contribution is 0.0696. The van der Waals surface area contributed by atoms with Gasteiger partial charge in [-0.05, 0) is 40.2 Å². The Bertz CT molecular complexity index is 582. The monoisotopic (exact) mass is 313 g/mol. The van der Waals surface area contributed by atoms with Crippen LogP contribution in [0, 0.1) is 5.82 Å². The van der Waals surface area contributed by atoms with Gasteiger partial charge in [-0.25, -0.2) is 9.18 Å². The summed E-state index contributed by atoms with van der Waals surface area (Å²) in [5.74, 6) is -0.879. The second-order valence-corrected chi connectivity index (χ2v) is 4.44. The minimum absolute atomic E-state index is 0.102. The molecule has 0 aliphatic heterocycles. The maximum Gasteiger partial charge on any atom is 0.338 e. The van der Waals surface area contributed by atoms with Crippen molar-refractivity contribution in [1.82, 2.24) is 0 Å². The first-order valence-corrected chi connectivity index (χ1v) is 5.85. The average molecular weight is 314 g/mol. The Balaban J connectivity index is 2.04. The van der Waals surface area contributed by atoms with E-state index in [0.717, 1.165) is 0 Å². The van der Waals surface area contributed by atoms with Gasteiger partial charge in [0, 0.05) is 10.2 Å². The van der Waals surface area contributed by atoms with Crippen LogP contribution in [-0.2, 0) is 6.54 Å². The van der Waals surface area contributed by atoms with Gasteiger partial charge >= 0.3 is 5.97 Å². The number of anilines is 1. The third kappa shape index (κ3) is 2.89. The van der Waals surface area contributed by atoms with Gasteiger partial charge < -0.3 is 14.8 Å². The maximum absolute atomic E-state index is 12.9. The van der Waals surface area contributed by atoms with Crippen LogP contribution >= 0.6 is 15.9 Å². The molecule has 18 heavy (non-hydrogen) atoms. The molecule has 0 atom stereocenters. The Hall–Kier alpha value is -1.82. The van der Waals surface area contributed by atoms with Crippen molar-refractivity contribution in [2.75, 3.05) is 5.32 Å². The first-order chi connectivity index (χ1) is 8.56. The third-order valence-corrected chi connectivity index (χ3v) is 2.94. The van der Waals surface area contributed by atoms with Crippen molar-refractivity contribution in [3.8, 4) is 0 Å². The van der Waals surface area contributed by atoms with Crippen molar-refractivity contribution in [2.24, 2.45) is 0 Å². The average Bonchev–Trinajstić information content (AvgIpc) is 2.76. The van der Waals surface area contributed by atoms with Gasteiger partial charge in [0.1, 0.15) is 17.8 Å². The zero-order valence-corrected chi connectivity index (χ0v) is 10.7. The Morgan fingerprint density at radius 1 is 1.44 bits per heavy atom. The van der Waals surface area contributed by atoms with E-state index in [1.807, 2.05) is 0 Å². The summed E-state index contributed by atoms with van der Waals surface area (Å²) >= 11 is 3.22. The van der Waals surface area contributed by atoms with Crippen molar-refractivity contribution in [2.45, 2.75) is 6.54 Å². The Morgan fingerprint density at radius 2 is 2.22 bits per heavy atom. The van der Waals surface area contributed by atoms with E-state index in [0.29, 0.717) is 22.5 Å². The number of nitrogens with one attached hydrogen (secondary N) is 1. The molecule has 0 aliphatic rings. The number of aromatic carboxylic acids is 1. The Labute approximate surface area is 111 Å². The van der Waals surface area contributed by atoms with E-state index in [4.69, 9.17) is 9.52 Å². The van der Waals surface area contributed by atoms with Crippen molar-refractivity contribution in [3.63, 3.8) is 0 Å². The van der Waals surface area contributed by atoms with Gasteiger partial charge in [0.15, 0.2) is 0 Å². The van der Waals surface area contributed by atoms with E-state index in [9.17, 15) is 9.18 Å². The summed E-state index contributed by atoms with van der Waals surface area (Å²) in [5.41, 5.74) is 0.801. The fourth-order valence-corrected chi connectivity index (χ4v) is 1.89. The van der Waals surface area contributed by atoms with E-state index in [1.165, 1.54) is 24.5 Å². The zero-order valence-electron chi connectivity index (χ0n) is 9.11. The van der Waals surface area contributed by atoms with Crippen molar-refractivity contribution in [1.29, 1.82) is 0 Å². The quantitative estimate of drug-likeness (QED) is 0.907. The van der Waals surface area contributed by atoms with Gasteiger partial charge in [-0.15, -0.1) is 0 Å². The van der Waals surface area contributed by atoms with Crippen molar-refractivity contribution >= 4 is 27.6 Å². The third-order valence-electron chi connectivity index (χ3n) is 2.28. The number of rotatable bonds is 4. The van der Waals surface area contributed by atoms with Gasteiger partial charge in [-0.1, -0.05) is 0 Å². The van der Waals surface area contributed by atoms with E-state index in [1.54, 1.807) is 6.07 Å². The number of halogens is 2. The molecule has 4 nitrogen and oxygen atoms in total. The smallest absolute Gasteiger partial charge is 0.338 e.